The first-order valence-corrected chi connectivity index (χ1v) is 7.70. The van der Waals surface area contributed by atoms with Crippen LogP contribution in [0.25, 0.3) is 5.69 Å². The molecule has 0 spiro atoms. The van der Waals surface area contributed by atoms with E-state index in [1.54, 1.807) is 41.5 Å². The van der Waals surface area contributed by atoms with Crippen molar-refractivity contribution < 1.29 is 9.18 Å². The average molecular weight is 324 g/mol. The molecule has 0 aliphatic rings. The summed E-state index contributed by atoms with van der Waals surface area (Å²) in [4.78, 5) is 12.2. The molecule has 0 saturated carbocycles. The Balaban J connectivity index is 1.52. The average Bonchev–Trinajstić information content (AvgIpc) is 3.15. The standard InChI is InChI=1S/C18H17FN4O/c19-16-8-6-14(7-9-16)3-2-10-20-18(24)15-4-1-5-17(11-15)23-12-21-22-13-23/h1,4-9,11-13H,2-3,10H2,(H,20,24). The molecular formula is C18H17FN4O. The normalized spacial score (nSPS) is 10.5. The molecular weight excluding hydrogens is 307 g/mol. The van der Waals surface area contributed by atoms with E-state index in [0.717, 1.165) is 24.1 Å². The molecule has 24 heavy (non-hydrogen) atoms. The van der Waals surface area contributed by atoms with E-state index < -0.39 is 0 Å². The Kier molecular flexibility index (Phi) is 4.96. The molecule has 1 aromatic heterocycles. The number of amides is 1. The molecule has 0 bridgehead atoms. The molecule has 0 fully saturated rings. The van der Waals surface area contributed by atoms with Crippen LogP contribution < -0.4 is 5.32 Å². The topological polar surface area (TPSA) is 59.8 Å². The zero-order valence-electron chi connectivity index (χ0n) is 13.0. The maximum atomic E-state index is 12.8. The van der Waals surface area contributed by atoms with Gasteiger partial charge in [-0.25, -0.2) is 4.39 Å². The van der Waals surface area contributed by atoms with Crippen molar-refractivity contribution in [3.8, 4) is 5.69 Å². The van der Waals surface area contributed by atoms with Crippen molar-refractivity contribution in [1.82, 2.24) is 20.1 Å². The van der Waals surface area contributed by atoms with Crippen molar-refractivity contribution in [3.05, 3.63) is 78.1 Å². The Morgan fingerprint density at radius 3 is 2.58 bits per heavy atom. The lowest BCUT2D eigenvalue weighted by molar-refractivity contribution is 0.0953. The number of aromatic nitrogens is 3. The van der Waals surface area contributed by atoms with Crippen LogP contribution in [-0.2, 0) is 6.42 Å². The zero-order chi connectivity index (χ0) is 16.8. The largest absolute Gasteiger partial charge is 0.352 e. The Hall–Kier alpha value is -3.02. The fourth-order valence-corrected chi connectivity index (χ4v) is 2.39. The van der Waals surface area contributed by atoms with E-state index in [4.69, 9.17) is 0 Å². The van der Waals surface area contributed by atoms with E-state index >= 15 is 0 Å². The van der Waals surface area contributed by atoms with Crippen LogP contribution >= 0.6 is 0 Å². The summed E-state index contributed by atoms with van der Waals surface area (Å²) in [6.07, 6.45) is 4.75. The Morgan fingerprint density at radius 1 is 1.08 bits per heavy atom. The van der Waals surface area contributed by atoms with Crippen LogP contribution in [0.1, 0.15) is 22.3 Å². The molecule has 3 aromatic rings. The third-order valence-corrected chi connectivity index (χ3v) is 3.67. The van der Waals surface area contributed by atoms with E-state index in [0.29, 0.717) is 12.1 Å². The van der Waals surface area contributed by atoms with Gasteiger partial charge in [-0.1, -0.05) is 18.2 Å². The van der Waals surface area contributed by atoms with Crippen molar-refractivity contribution in [2.24, 2.45) is 0 Å². The van der Waals surface area contributed by atoms with Gasteiger partial charge in [-0.05, 0) is 48.7 Å². The van der Waals surface area contributed by atoms with Crippen LogP contribution in [0.5, 0.6) is 0 Å². The van der Waals surface area contributed by atoms with Gasteiger partial charge in [0.05, 0.1) is 0 Å². The summed E-state index contributed by atoms with van der Waals surface area (Å²) < 4.78 is 14.6. The molecule has 1 amide bonds. The number of carbonyl (C=O) groups excluding carboxylic acids is 1. The highest BCUT2D eigenvalue weighted by molar-refractivity contribution is 5.94. The Labute approximate surface area is 139 Å². The molecule has 0 unspecified atom stereocenters. The van der Waals surface area contributed by atoms with Crippen LogP contribution in [0.4, 0.5) is 4.39 Å². The summed E-state index contributed by atoms with van der Waals surface area (Å²) in [6.45, 7) is 0.563. The smallest absolute Gasteiger partial charge is 0.251 e. The minimum Gasteiger partial charge on any atom is -0.352 e. The molecule has 1 N–H and O–H groups in total. The van der Waals surface area contributed by atoms with E-state index in [1.807, 2.05) is 12.1 Å². The van der Waals surface area contributed by atoms with Gasteiger partial charge in [0.15, 0.2) is 0 Å². The predicted molar refractivity (Wildman–Crippen MR) is 88.4 cm³/mol. The first kappa shape index (κ1) is 15.9. The van der Waals surface area contributed by atoms with Crippen LogP contribution in [0.2, 0.25) is 0 Å². The fourth-order valence-electron chi connectivity index (χ4n) is 2.39. The third-order valence-electron chi connectivity index (χ3n) is 3.67. The number of rotatable bonds is 6. The number of benzene rings is 2. The highest BCUT2D eigenvalue weighted by atomic mass is 19.1. The van der Waals surface area contributed by atoms with Crippen molar-refractivity contribution in [2.75, 3.05) is 6.54 Å². The molecule has 6 heteroatoms. The van der Waals surface area contributed by atoms with E-state index in [9.17, 15) is 9.18 Å². The third kappa shape index (κ3) is 4.04. The minimum absolute atomic E-state index is 0.121. The molecule has 0 saturated heterocycles. The highest BCUT2D eigenvalue weighted by Gasteiger charge is 2.06. The van der Waals surface area contributed by atoms with Crippen molar-refractivity contribution in [2.45, 2.75) is 12.8 Å². The summed E-state index contributed by atoms with van der Waals surface area (Å²) in [7, 11) is 0. The molecule has 0 radical (unpaired) electrons. The lowest BCUT2D eigenvalue weighted by Crippen LogP contribution is -2.24. The number of nitrogens with one attached hydrogen (secondary N) is 1. The van der Waals surface area contributed by atoms with Crippen LogP contribution in [0.15, 0.2) is 61.2 Å². The molecule has 122 valence electrons. The summed E-state index contributed by atoms with van der Waals surface area (Å²) in [6, 6.07) is 13.7. The van der Waals surface area contributed by atoms with Gasteiger partial charge in [0.1, 0.15) is 18.5 Å². The maximum absolute atomic E-state index is 12.8. The molecule has 0 aliphatic carbocycles. The van der Waals surface area contributed by atoms with Crippen LogP contribution in [0, 0.1) is 5.82 Å². The first-order chi connectivity index (χ1) is 11.7. The van der Waals surface area contributed by atoms with Gasteiger partial charge in [0.25, 0.3) is 5.91 Å². The van der Waals surface area contributed by atoms with Gasteiger partial charge in [0, 0.05) is 17.8 Å². The second-order valence-corrected chi connectivity index (χ2v) is 5.41. The predicted octanol–water partition coefficient (Wildman–Crippen LogP) is 2.77. The van der Waals surface area contributed by atoms with E-state index in [1.165, 1.54) is 12.1 Å². The van der Waals surface area contributed by atoms with Crippen LogP contribution in [-0.4, -0.2) is 27.2 Å². The van der Waals surface area contributed by atoms with Crippen molar-refractivity contribution in [1.29, 1.82) is 0 Å². The summed E-state index contributed by atoms with van der Waals surface area (Å²) in [5.74, 6) is -0.357. The quantitative estimate of drug-likeness (QED) is 0.709. The molecule has 5 nitrogen and oxygen atoms in total. The van der Waals surface area contributed by atoms with Crippen molar-refractivity contribution in [3.63, 3.8) is 0 Å². The summed E-state index contributed by atoms with van der Waals surface area (Å²) in [5.41, 5.74) is 2.47. The van der Waals surface area contributed by atoms with Gasteiger partial charge in [-0.15, -0.1) is 10.2 Å². The number of carbonyl (C=O) groups is 1. The van der Waals surface area contributed by atoms with Gasteiger partial charge >= 0.3 is 0 Å². The van der Waals surface area contributed by atoms with Crippen molar-refractivity contribution >= 4 is 5.91 Å². The number of aryl methyl sites for hydroxylation is 1. The molecule has 0 atom stereocenters. The SMILES string of the molecule is O=C(NCCCc1ccc(F)cc1)c1cccc(-n2cnnc2)c1. The molecule has 2 aromatic carbocycles. The van der Waals surface area contributed by atoms with Gasteiger partial charge in [-0.3, -0.25) is 9.36 Å². The Bertz CT molecular complexity index is 800. The zero-order valence-corrected chi connectivity index (χ0v) is 13.0. The van der Waals surface area contributed by atoms with Crippen LogP contribution in [0.3, 0.4) is 0 Å². The minimum atomic E-state index is -0.236. The van der Waals surface area contributed by atoms with Gasteiger partial charge in [0.2, 0.25) is 0 Å². The molecule has 1 heterocycles. The number of nitrogens with zero attached hydrogens (tertiary/aromatic N) is 3. The maximum Gasteiger partial charge on any atom is 0.251 e. The van der Waals surface area contributed by atoms with Gasteiger partial charge in [-0.2, -0.15) is 0 Å². The summed E-state index contributed by atoms with van der Waals surface area (Å²) in [5, 5.41) is 10.4. The number of hydrogen-bond acceptors (Lipinski definition) is 3. The number of hydrogen-bond donors (Lipinski definition) is 1. The molecule has 0 aliphatic heterocycles. The monoisotopic (exact) mass is 324 g/mol. The Morgan fingerprint density at radius 2 is 1.83 bits per heavy atom. The summed E-state index contributed by atoms with van der Waals surface area (Å²) >= 11 is 0. The second kappa shape index (κ2) is 7.50. The lowest BCUT2D eigenvalue weighted by atomic mass is 10.1. The highest BCUT2D eigenvalue weighted by Crippen LogP contribution is 2.10. The van der Waals surface area contributed by atoms with E-state index in [-0.39, 0.29) is 11.7 Å². The molecule has 3 rings (SSSR count). The lowest BCUT2D eigenvalue weighted by Gasteiger charge is -2.07. The van der Waals surface area contributed by atoms with E-state index in [2.05, 4.69) is 15.5 Å². The number of halogens is 1. The second-order valence-electron chi connectivity index (χ2n) is 5.41. The fraction of sp³-hybridized carbons (Fsp3) is 0.167. The first-order valence-electron chi connectivity index (χ1n) is 7.70. The van der Waals surface area contributed by atoms with Gasteiger partial charge < -0.3 is 5.32 Å².